The van der Waals surface area contributed by atoms with Crippen LogP contribution in [0.2, 0.25) is 0 Å². The maximum Gasteiger partial charge on any atom is 0.258 e. The van der Waals surface area contributed by atoms with E-state index < -0.39 is 0 Å². The minimum absolute atomic E-state index is 0.0216. The van der Waals surface area contributed by atoms with Crippen molar-refractivity contribution >= 4 is 11.6 Å². The lowest BCUT2D eigenvalue weighted by Gasteiger charge is -2.18. The van der Waals surface area contributed by atoms with Crippen molar-refractivity contribution in [2.24, 2.45) is 0 Å². The second-order valence-corrected chi connectivity index (χ2v) is 7.00. The molecule has 9 nitrogen and oxygen atoms in total. The van der Waals surface area contributed by atoms with Crippen molar-refractivity contribution < 1.29 is 28.3 Å². The summed E-state index contributed by atoms with van der Waals surface area (Å²) in [4.78, 5) is 18.9. The third-order valence-electron chi connectivity index (χ3n) is 5.21. The van der Waals surface area contributed by atoms with Gasteiger partial charge in [-0.25, -0.2) is 0 Å². The minimum atomic E-state index is -0.189. The Labute approximate surface area is 179 Å². The molecule has 0 saturated carbocycles. The zero-order valence-electron chi connectivity index (χ0n) is 17.7. The molecule has 0 spiro atoms. The van der Waals surface area contributed by atoms with Gasteiger partial charge in [0.05, 0.1) is 28.4 Å². The number of benzene rings is 2. The van der Waals surface area contributed by atoms with E-state index in [-0.39, 0.29) is 18.2 Å². The van der Waals surface area contributed by atoms with E-state index in [0.29, 0.717) is 46.8 Å². The Morgan fingerprint density at radius 2 is 1.65 bits per heavy atom. The molecule has 1 unspecified atom stereocenters. The van der Waals surface area contributed by atoms with Crippen molar-refractivity contribution in [1.29, 1.82) is 0 Å². The zero-order chi connectivity index (χ0) is 22.0. The zero-order valence-corrected chi connectivity index (χ0v) is 17.7. The van der Waals surface area contributed by atoms with Crippen LogP contribution < -0.4 is 23.8 Å². The van der Waals surface area contributed by atoms with Crippen molar-refractivity contribution in [1.82, 2.24) is 10.1 Å². The van der Waals surface area contributed by atoms with Crippen LogP contribution in [-0.4, -0.2) is 51.0 Å². The summed E-state index contributed by atoms with van der Waals surface area (Å²) in [7, 11) is 6.28. The number of hydrogen-bond donors (Lipinski definition) is 0. The summed E-state index contributed by atoms with van der Waals surface area (Å²) in [5, 5.41) is 4.12. The molecule has 0 N–H and O–H groups in total. The Morgan fingerprint density at radius 3 is 2.29 bits per heavy atom. The molecule has 4 rings (SSSR count). The molecule has 1 atom stereocenters. The summed E-state index contributed by atoms with van der Waals surface area (Å²) < 4.78 is 26.7. The standard InChI is InChI=1S/C22H23N3O6/c1-27-16-7-13(8-17(11-16)28-2)22-23-21(24-31-22)14-9-20(26)25(12-14)15-5-6-18(29-3)19(10-15)30-4/h5-8,10-11,14H,9,12H2,1-4H3. The fourth-order valence-electron chi connectivity index (χ4n) is 3.57. The van der Waals surface area contributed by atoms with Crippen molar-refractivity contribution in [3.63, 3.8) is 0 Å². The molecule has 3 aromatic rings. The Hall–Kier alpha value is -3.75. The van der Waals surface area contributed by atoms with Gasteiger partial charge in [0.2, 0.25) is 5.91 Å². The molecule has 0 radical (unpaired) electrons. The molecule has 1 saturated heterocycles. The smallest absolute Gasteiger partial charge is 0.258 e. The average Bonchev–Trinajstić information content (AvgIpc) is 3.45. The van der Waals surface area contributed by atoms with E-state index in [9.17, 15) is 4.79 Å². The number of hydrogen-bond acceptors (Lipinski definition) is 8. The van der Waals surface area contributed by atoms with Crippen LogP contribution in [0, 0.1) is 0 Å². The molecule has 1 aliphatic rings. The molecule has 162 valence electrons. The lowest BCUT2D eigenvalue weighted by Crippen LogP contribution is -2.24. The molecule has 1 aromatic heterocycles. The topological polar surface area (TPSA) is 96.2 Å². The highest BCUT2D eigenvalue weighted by Crippen LogP contribution is 2.36. The molecule has 0 aliphatic carbocycles. The summed E-state index contributed by atoms with van der Waals surface area (Å²) in [5.41, 5.74) is 1.41. The predicted molar refractivity (Wildman–Crippen MR) is 112 cm³/mol. The molecule has 1 aliphatic heterocycles. The summed E-state index contributed by atoms with van der Waals surface area (Å²) >= 11 is 0. The highest BCUT2D eigenvalue weighted by Gasteiger charge is 2.35. The quantitative estimate of drug-likeness (QED) is 0.569. The average molecular weight is 425 g/mol. The van der Waals surface area contributed by atoms with Crippen LogP contribution in [0.4, 0.5) is 5.69 Å². The fourth-order valence-corrected chi connectivity index (χ4v) is 3.57. The maximum atomic E-state index is 12.7. The van der Waals surface area contributed by atoms with Crippen LogP contribution >= 0.6 is 0 Å². The number of aromatic nitrogens is 2. The second-order valence-electron chi connectivity index (χ2n) is 7.00. The van der Waals surface area contributed by atoms with Gasteiger partial charge in [0.15, 0.2) is 17.3 Å². The lowest BCUT2D eigenvalue weighted by atomic mass is 10.1. The van der Waals surface area contributed by atoms with E-state index in [0.717, 1.165) is 5.69 Å². The van der Waals surface area contributed by atoms with Gasteiger partial charge in [-0.2, -0.15) is 4.98 Å². The van der Waals surface area contributed by atoms with Crippen molar-refractivity contribution in [3.05, 3.63) is 42.2 Å². The van der Waals surface area contributed by atoms with Gasteiger partial charge in [-0.15, -0.1) is 0 Å². The van der Waals surface area contributed by atoms with Gasteiger partial charge in [-0.3, -0.25) is 4.79 Å². The van der Waals surface area contributed by atoms with Gasteiger partial charge in [-0.1, -0.05) is 5.16 Å². The van der Waals surface area contributed by atoms with E-state index in [1.807, 2.05) is 6.07 Å². The number of rotatable bonds is 7. The lowest BCUT2D eigenvalue weighted by molar-refractivity contribution is -0.117. The third-order valence-corrected chi connectivity index (χ3v) is 5.21. The number of nitrogens with zero attached hydrogens (tertiary/aromatic N) is 3. The highest BCUT2D eigenvalue weighted by atomic mass is 16.5. The molecule has 9 heteroatoms. The number of carbonyl (C=O) groups excluding carboxylic acids is 1. The van der Waals surface area contributed by atoms with Crippen molar-refractivity contribution in [2.45, 2.75) is 12.3 Å². The molecule has 1 fully saturated rings. The molecule has 0 bridgehead atoms. The van der Waals surface area contributed by atoms with Crippen LogP contribution in [0.25, 0.3) is 11.5 Å². The minimum Gasteiger partial charge on any atom is -0.497 e. The Balaban J connectivity index is 1.56. The summed E-state index contributed by atoms with van der Waals surface area (Å²) in [6, 6.07) is 10.7. The first kappa shape index (κ1) is 20.5. The summed E-state index contributed by atoms with van der Waals surface area (Å²) in [5.74, 6) is 3.00. The van der Waals surface area contributed by atoms with Crippen LogP contribution in [-0.2, 0) is 4.79 Å². The highest BCUT2D eigenvalue weighted by molar-refractivity contribution is 5.96. The predicted octanol–water partition coefficient (Wildman–Crippen LogP) is 3.29. The van der Waals surface area contributed by atoms with Crippen LogP contribution in [0.15, 0.2) is 40.9 Å². The Kier molecular flexibility index (Phi) is 5.66. The molecular formula is C22H23N3O6. The number of ether oxygens (including phenoxy) is 4. The second kappa shape index (κ2) is 8.55. The van der Waals surface area contributed by atoms with E-state index in [4.69, 9.17) is 23.5 Å². The van der Waals surface area contributed by atoms with Gasteiger partial charge in [0, 0.05) is 42.3 Å². The summed E-state index contributed by atoms with van der Waals surface area (Å²) in [6.45, 7) is 0.439. The van der Waals surface area contributed by atoms with Gasteiger partial charge >= 0.3 is 0 Å². The summed E-state index contributed by atoms with van der Waals surface area (Å²) in [6.07, 6.45) is 0.286. The fraction of sp³-hybridized carbons (Fsp3) is 0.318. The van der Waals surface area contributed by atoms with Gasteiger partial charge in [-0.05, 0) is 24.3 Å². The van der Waals surface area contributed by atoms with E-state index >= 15 is 0 Å². The molecule has 2 aromatic carbocycles. The Bertz CT molecular complexity index is 1070. The monoisotopic (exact) mass is 425 g/mol. The number of anilines is 1. The Morgan fingerprint density at radius 1 is 0.935 bits per heavy atom. The first-order valence-electron chi connectivity index (χ1n) is 9.65. The van der Waals surface area contributed by atoms with Crippen molar-refractivity contribution in [3.8, 4) is 34.5 Å². The molecule has 2 heterocycles. The van der Waals surface area contributed by atoms with Gasteiger partial charge < -0.3 is 28.4 Å². The maximum absolute atomic E-state index is 12.7. The first-order chi connectivity index (χ1) is 15.1. The molecule has 1 amide bonds. The largest absolute Gasteiger partial charge is 0.497 e. The normalized spacial score (nSPS) is 15.8. The molecule has 31 heavy (non-hydrogen) atoms. The number of carbonyl (C=O) groups is 1. The first-order valence-corrected chi connectivity index (χ1v) is 9.65. The van der Waals surface area contributed by atoms with Crippen molar-refractivity contribution in [2.75, 3.05) is 39.9 Å². The van der Waals surface area contributed by atoms with Gasteiger partial charge in [0.25, 0.3) is 5.89 Å². The SMILES string of the molecule is COc1cc(OC)cc(-c2nc(C3CC(=O)N(c4ccc(OC)c(OC)c4)C3)no2)c1. The number of methoxy groups -OCH3 is 4. The van der Waals surface area contributed by atoms with E-state index in [2.05, 4.69) is 10.1 Å². The van der Waals surface area contributed by atoms with Crippen LogP contribution in [0.3, 0.4) is 0 Å². The van der Waals surface area contributed by atoms with Gasteiger partial charge in [0.1, 0.15) is 11.5 Å². The number of amides is 1. The molecular weight excluding hydrogens is 402 g/mol. The van der Waals surface area contributed by atoms with Crippen LogP contribution in [0.1, 0.15) is 18.2 Å². The van der Waals surface area contributed by atoms with Crippen LogP contribution in [0.5, 0.6) is 23.0 Å². The third kappa shape index (κ3) is 3.98. The van der Waals surface area contributed by atoms with E-state index in [1.165, 1.54) is 0 Å². The van der Waals surface area contributed by atoms with E-state index in [1.54, 1.807) is 63.7 Å².